The second-order valence-corrected chi connectivity index (χ2v) is 10.4. The summed E-state index contributed by atoms with van der Waals surface area (Å²) < 4.78 is 0. The highest BCUT2D eigenvalue weighted by Gasteiger charge is 2.60. The Hall–Kier alpha value is -3.75. The Kier molecular flexibility index (Phi) is 6.47. The third-order valence-electron chi connectivity index (χ3n) is 6.99. The fraction of sp³-hybridized carbons (Fsp3) is 0.444. The molecule has 1 aromatic carbocycles. The van der Waals surface area contributed by atoms with Gasteiger partial charge in [0.2, 0.25) is 11.8 Å². The van der Waals surface area contributed by atoms with Gasteiger partial charge < -0.3 is 20.9 Å². The Bertz CT molecular complexity index is 1280. The maximum atomic E-state index is 13.2. The highest BCUT2D eigenvalue weighted by atomic mass is 16.2. The summed E-state index contributed by atoms with van der Waals surface area (Å²) in [6.45, 7) is 4.40. The van der Waals surface area contributed by atoms with Gasteiger partial charge >= 0.3 is 0 Å². The van der Waals surface area contributed by atoms with Crippen molar-refractivity contribution < 1.29 is 14.4 Å². The van der Waals surface area contributed by atoms with Crippen LogP contribution in [0.5, 0.6) is 0 Å². The molecule has 5 rings (SSSR count). The predicted octanol–water partition coefficient (Wildman–Crippen LogP) is 2.80. The standard InChI is InChI=1S/C27H32N6O3/c1-16(2)10-27(26(36)31-15-22(34)28-12-17-6-4-3-5-7-17)11-21(27)33-25(35)19-13-29-24-23(19)32-20(14-30-24)18-8-9-18/h3-7,13-14,16,18,21H,8-12,15H2,1-2H3,(H,28,34)(H,29,30)(H,31,36)(H,33,35). The quantitative estimate of drug-likeness (QED) is 0.349. The fourth-order valence-corrected chi connectivity index (χ4v) is 4.88. The Morgan fingerprint density at radius 1 is 1.14 bits per heavy atom. The van der Waals surface area contributed by atoms with Crippen molar-refractivity contribution in [2.24, 2.45) is 11.3 Å². The number of benzene rings is 1. The minimum atomic E-state index is -0.722. The lowest BCUT2D eigenvalue weighted by Gasteiger charge is -2.19. The molecule has 0 radical (unpaired) electrons. The molecule has 2 unspecified atom stereocenters. The number of carbonyl (C=O) groups excluding carboxylic acids is 3. The predicted molar refractivity (Wildman–Crippen MR) is 135 cm³/mol. The van der Waals surface area contributed by atoms with Crippen molar-refractivity contribution in [3.8, 4) is 0 Å². The number of fused-ring (bicyclic) bond motifs is 1. The molecular weight excluding hydrogens is 456 g/mol. The fourth-order valence-electron chi connectivity index (χ4n) is 4.88. The summed E-state index contributed by atoms with van der Waals surface area (Å²) in [6.07, 6.45) is 6.76. The van der Waals surface area contributed by atoms with E-state index in [-0.39, 0.29) is 36.2 Å². The molecule has 0 spiro atoms. The molecule has 0 saturated heterocycles. The van der Waals surface area contributed by atoms with Crippen LogP contribution < -0.4 is 16.0 Å². The Morgan fingerprint density at radius 2 is 1.92 bits per heavy atom. The lowest BCUT2D eigenvalue weighted by atomic mass is 9.92. The van der Waals surface area contributed by atoms with Gasteiger partial charge in [-0.2, -0.15) is 0 Å². The monoisotopic (exact) mass is 488 g/mol. The Morgan fingerprint density at radius 3 is 2.64 bits per heavy atom. The van der Waals surface area contributed by atoms with Gasteiger partial charge in [0, 0.05) is 24.7 Å². The van der Waals surface area contributed by atoms with Crippen LogP contribution in [-0.2, 0) is 16.1 Å². The number of carbonyl (C=O) groups is 3. The van der Waals surface area contributed by atoms with Crippen LogP contribution in [0.15, 0.2) is 42.7 Å². The summed E-state index contributed by atoms with van der Waals surface area (Å²) in [6, 6.07) is 9.30. The number of nitrogens with zero attached hydrogens (tertiary/aromatic N) is 2. The summed E-state index contributed by atoms with van der Waals surface area (Å²) in [5.74, 6) is -0.0383. The Labute approximate surface area is 209 Å². The van der Waals surface area contributed by atoms with E-state index >= 15 is 0 Å². The molecule has 2 atom stereocenters. The summed E-state index contributed by atoms with van der Waals surface area (Å²) in [7, 11) is 0. The molecule has 9 nitrogen and oxygen atoms in total. The number of hydrogen-bond donors (Lipinski definition) is 4. The second kappa shape index (κ2) is 9.72. The van der Waals surface area contributed by atoms with Gasteiger partial charge in [-0.3, -0.25) is 14.4 Å². The average molecular weight is 489 g/mol. The number of nitrogens with one attached hydrogen (secondary N) is 4. The molecule has 188 valence electrons. The van der Waals surface area contributed by atoms with E-state index in [1.807, 2.05) is 44.2 Å². The van der Waals surface area contributed by atoms with Gasteiger partial charge in [-0.25, -0.2) is 9.97 Å². The molecule has 2 aromatic heterocycles. The highest BCUT2D eigenvalue weighted by Crippen LogP contribution is 2.51. The lowest BCUT2D eigenvalue weighted by molar-refractivity contribution is -0.130. The third-order valence-corrected chi connectivity index (χ3v) is 6.99. The van der Waals surface area contributed by atoms with Crippen LogP contribution in [-0.4, -0.2) is 45.3 Å². The number of H-pyrrole nitrogens is 1. The maximum absolute atomic E-state index is 13.2. The first-order valence-electron chi connectivity index (χ1n) is 12.6. The summed E-state index contributed by atoms with van der Waals surface area (Å²) >= 11 is 0. The zero-order chi connectivity index (χ0) is 25.3. The molecule has 9 heteroatoms. The van der Waals surface area contributed by atoms with Gasteiger partial charge in [0.25, 0.3) is 5.91 Å². The van der Waals surface area contributed by atoms with Gasteiger partial charge in [-0.1, -0.05) is 44.2 Å². The Balaban J connectivity index is 1.20. The molecule has 2 fully saturated rings. The number of amides is 3. The molecule has 0 aliphatic heterocycles. The first kappa shape index (κ1) is 24.0. The highest BCUT2D eigenvalue weighted by molar-refractivity contribution is 6.05. The molecule has 3 aromatic rings. The van der Waals surface area contributed by atoms with Crippen molar-refractivity contribution >= 4 is 28.9 Å². The minimum absolute atomic E-state index is 0.103. The van der Waals surface area contributed by atoms with E-state index in [4.69, 9.17) is 0 Å². The second-order valence-electron chi connectivity index (χ2n) is 10.4. The first-order chi connectivity index (χ1) is 17.4. The molecular formula is C27H32N6O3. The summed E-state index contributed by atoms with van der Waals surface area (Å²) in [5.41, 5.74) is 2.76. The molecule has 3 amide bonds. The van der Waals surface area contributed by atoms with Crippen LogP contribution in [0.3, 0.4) is 0 Å². The van der Waals surface area contributed by atoms with E-state index in [2.05, 4.69) is 30.9 Å². The first-order valence-corrected chi connectivity index (χ1v) is 12.6. The van der Waals surface area contributed by atoms with Crippen molar-refractivity contribution in [2.45, 2.75) is 58.0 Å². The van der Waals surface area contributed by atoms with Crippen molar-refractivity contribution in [3.05, 3.63) is 59.5 Å². The zero-order valence-corrected chi connectivity index (χ0v) is 20.6. The van der Waals surface area contributed by atoms with Crippen molar-refractivity contribution in [2.75, 3.05) is 6.54 Å². The number of hydrogen-bond acceptors (Lipinski definition) is 5. The van der Waals surface area contributed by atoms with Crippen molar-refractivity contribution in [1.82, 2.24) is 30.9 Å². The van der Waals surface area contributed by atoms with Crippen LogP contribution in [0.2, 0.25) is 0 Å². The van der Waals surface area contributed by atoms with Gasteiger partial charge in [0.05, 0.1) is 29.4 Å². The topological polar surface area (TPSA) is 129 Å². The van der Waals surface area contributed by atoms with Crippen LogP contribution in [0.25, 0.3) is 11.2 Å². The van der Waals surface area contributed by atoms with E-state index in [0.717, 1.165) is 24.1 Å². The molecule has 2 saturated carbocycles. The van der Waals surface area contributed by atoms with Crippen molar-refractivity contribution in [3.63, 3.8) is 0 Å². The van der Waals surface area contributed by atoms with Crippen molar-refractivity contribution in [1.29, 1.82) is 0 Å². The molecule has 4 N–H and O–H groups in total. The number of aromatic amines is 1. The molecule has 2 aliphatic carbocycles. The summed E-state index contributed by atoms with van der Waals surface area (Å²) in [5, 5.41) is 8.65. The van der Waals surface area contributed by atoms with Crippen LogP contribution in [0.4, 0.5) is 0 Å². The van der Waals surface area contributed by atoms with Crippen LogP contribution in [0, 0.1) is 11.3 Å². The van der Waals surface area contributed by atoms with E-state index in [1.165, 1.54) is 0 Å². The molecule has 2 heterocycles. The van der Waals surface area contributed by atoms with E-state index < -0.39 is 5.41 Å². The maximum Gasteiger partial charge on any atom is 0.255 e. The molecule has 2 aliphatic rings. The smallest absolute Gasteiger partial charge is 0.255 e. The van der Waals surface area contributed by atoms with Crippen LogP contribution in [0.1, 0.15) is 67.1 Å². The summed E-state index contributed by atoms with van der Waals surface area (Å²) in [4.78, 5) is 50.8. The zero-order valence-electron chi connectivity index (χ0n) is 20.6. The molecule has 36 heavy (non-hydrogen) atoms. The third kappa shape index (κ3) is 5.10. The molecule has 0 bridgehead atoms. The number of rotatable bonds is 10. The minimum Gasteiger partial charge on any atom is -0.350 e. The van der Waals surface area contributed by atoms with Gasteiger partial charge in [0.1, 0.15) is 5.52 Å². The van der Waals surface area contributed by atoms with E-state index in [9.17, 15) is 14.4 Å². The SMILES string of the molecule is CC(C)CC1(C(=O)NCC(=O)NCc2ccccc2)CC1NC(=O)c1c[nH]c2ncc(C3CC3)nc12. The van der Waals surface area contributed by atoms with E-state index in [1.54, 1.807) is 12.4 Å². The van der Waals surface area contributed by atoms with Gasteiger partial charge in [-0.15, -0.1) is 0 Å². The van der Waals surface area contributed by atoms with Crippen LogP contribution >= 0.6 is 0 Å². The van der Waals surface area contributed by atoms with Gasteiger partial charge in [-0.05, 0) is 37.2 Å². The number of aromatic nitrogens is 3. The average Bonchev–Trinajstić information content (AvgIpc) is 3.78. The largest absolute Gasteiger partial charge is 0.350 e. The van der Waals surface area contributed by atoms with Gasteiger partial charge in [0.15, 0.2) is 5.65 Å². The van der Waals surface area contributed by atoms with E-state index in [0.29, 0.717) is 42.0 Å². The normalized spacial score (nSPS) is 20.8. The lowest BCUT2D eigenvalue weighted by Crippen LogP contribution is -2.43.